The van der Waals surface area contributed by atoms with E-state index in [-0.39, 0.29) is 6.54 Å². The van der Waals surface area contributed by atoms with Crippen LogP contribution in [-0.4, -0.2) is 14.2 Å². The normalized spacial score (nSPS) is 12.4. The van der Waals surface area contributed by atoms with E-state index in [9.17, 15) is 5.11 Å². The molecule has 2 N–H and O–H groups in total. The van der Waals surface area contributed by atoms with Crippen LogP contribution in [0.15, 0.2) is 66.7 Å². The molecule has 0 fully saturated rings. The highest BCUT2D eigenvalue weighted by Gasteiger charge is 2.16. The quantitative estimate of drug-likeness (QED) is 0.446. The lowest BCUT2D eigenvalue weighted by Crippen LogP contribution is -2.27. The van der Waals surface area contributed by atoms with Crippen LogP contribution in [0.25, 0.3) is 11.0 Å². The van der Waals surface area contributed by atoms with Gasteiger partial charge in [-0.25, -0.2) is 0 Å². The number of fused-ring (bicyclic) bond motifs is 1. The van der Waals surface area contributed by atoms with Crippen molar-refractivity contribution in [2.45, 2.75) is 26.1 Å². The van der Waals surface area contributed by atoms with Crippen molar-refractivity contribution in [1.82, 2.24) is 9.13 Å². The molecule has 0 aliphatic carbocycles. The highest BCUT2D eigenvalue weighted by Crippen LogP contribution is 2.23. The largest absolute Gasteiger partial charge is 0.387 e. The van der Waals surface area contributed by atoms with Crippen LogP contribution in [0.1, 0.15) is 22.8 Å². The number of rotatable bonds is 5. The summed E-state index contributed by atoms with van der Waals surface area (Å²) in [4.78, 5) is 0. The summed E-state index contributed by atoms with van der Waals surface area (Å²) in [5.74, 6) is 0. The summed E-state index contributed by atoms with van der Waals surface area (Å²) in [5.41, 5.74) is 4.97. The van der Waals surface area contributed by atoms with Crippen molar-refractivity contribution in [3.05, 3.63) is 99.1 Å². The molecule has 148 valence electrons. The molecule has 1 heterocycles. The Labute approximate surface area is 179 Å². The zero-order chi connectivity index (χ0) is 20.5. The summed E-state index contributed by atoms with van der Waals surface area (Å²) >= 11 is 12.1. The predicted octanol–water partition coefficient (Wildman–Crippen LogP) is 5.32. The van der Waals surface area contributed by atoms with Crippen LogP contribution in [0, 0.1) is 12.3 Å². The number of nitrogens with zero attached hydrogens (tertiary/aromatic N) is 2. The topological polar surface area (TPSA) is 53.9 Å². The Bertz CT molecular complexity index is 1230. The molecule has 4 aromatic rings. The Kier molecular flexibility index (Phi) is 5.50. The molecule has 1 atom stereocenters. The molecule has 6 heteroatoms. The van der Waals surface area contributed by atoms with Gasteiger partial charge in [-0.15, -0.1) is 0 Å². The second kappa shape index (κ2) is 8.07. The number of aliphatic hydroxyl groups excluding tert-OH is 1. The van der Waals surface area contributed by atoms with Crippen LogP contribution in [0.5, 0.6) is 0 Å². The summed E-state index contributed by atoms with van der Waals surface area (Å²) in [6, 6.07) is 21.0. The van der Waals surface area contributed by atoms with Gasteiger partial charge in [0, 0.05) is 10.0 Å². The number of aryl methyl sites for hydroxylation is 1. The molecule has 0 saturated heterocycles. The standard InChI is InChI=1S/C23H21Cl2N3O/c1-15-12-17(8-11-19(15)25)22(29)14-28-21-5-3-2-4-20(21)27(23(28)26)13-16-6-9-18(24)10-7-16/h2-12,22,26,29H,13-14H2,1H3. The monoisotopic (exact) mass is 425 g/mol. The Morgan fingerprint density at radius 3 is 2.24 bits per heavy atom. The van der Waals surface area contributed by atoms with Crippen molar-refractivity contribution in [3.63, 3.8) is 0 Å². The number of hydrogen-bond donors (Lipinski definition) is 2. The van der Waals surface area contributed by atoms with E-state index >= 15 is 0 Å². The van der Waals surface area contributed by atoms with Crippen molar-refractivity contribution in [1.29, 1.82) is 5.41 Å². The molecule has 0 aliphatic rings. The predicted molar refractivity (Wildman–Crippen MR) is 117 cm³/mol. The van der Waals surface area contributed by atoms with Gasteiger partial charge in [0.15, 0.2) is 0 Å². The minimum atomic E-state index is -0.741. The average molecular weight is 426 g/mol. The molecule has 0 bridgehead atoms. The fourth-order valence-corrected chi connectivity index (χ4v) is 3.81. The van der Waals surface area contributed by atoms with Crippen molar-refractivity contribution in [2.24, 2.45) is 0 Å². The fraction of sp³-hybridized carbons (Fsp3) is 0.174. The second-order valence-electron chi connectivity index (χ2n) is 7.16. The molecule has 0 amide bonds. The molecule has 0 radical (unpaired) electrons. The third kappa shape index (κ3) is 3.97. The lowest BCUT2D eigenvalue weighted by Gasteiger charge is -2.14. The minimum Gasteiger partial charge on any atom is -0.387 e. The number of halogens is 2. The molecular formula is C23H21Cl2N3O. The first-order valence-electron chi connectivity index (χ1n) is 9.35. The maximum atomic E-state index is 10.8. The second-order valence-corrected chi connectivity index (χ2v) is 8.00. The van der Waals surface area contributed by atoms with Crippen LogP contribution in [0.2, 0.25) is 10.0 Å². The smallest absolute Gasteiger partial charge is 0.203 e. The van der Waals surface area contributed by atoms with E-state index in [2.05, 4.69) is 0 Å². The zero-order valence-electron chi connectivity index (χ0n) is 15.9. The molecule has 0 saturated carbocycles. The minimum absolute atomic E-state index is 0.286. The van der Waals surface area contributed by atoms with Crippen LogP contribution < -0.4 is 5.62 Å². The number of para-hydroxylation sites is 2. The van der Waals surface area contributed by atoms with Crippen LogP contribution in [0.4, 0.5) is 0 Å². The molecule has 0 spiro atoms. The summed E-state index contributed by atoms with van der Waals surface area (Å²) in [7, 11) is 0. The first-order valence-corrected chi connectivity index (χ1v) is 10.1. The van der Waals surface area contributed by atoms with Gasteiger partial charge in [-0.05, 0) is 53.9 Å². The highest BCUT2D eigenvalue weighted by molar-refractivity contribution is 6.31. The van der Waals surface area contributed by atoms with Crippen molar-refractivity contribution >= 4 is 34.2 Å². The van der Waals surface area contributed by atoms with Crippen LogP contribution >= 0.6 is 23.2 Å². The molecule has 0 aliphatic heterocycles. The van der Waals surface area contributed by atoms with E-state index in [1.165, 1.54) is 0 Å². The molecule has 1 aromatic heterocycles. The van der Waals surface area contributed by atoms with Crippen LogP contribution in [0.3, 0.4) is 0 Å². The lowest BCUT2D eigenvalue weighted by molar-refractivity contribution is 0.155. The number of hydrogen-bond acceptors (Lipinski definition) is 2. The van der Waals surface area contributed by atoms with Gasteiger partial charge in [-0.3, -0.25) is 5.41 Å². The number of aromatic nitrogens is 2. The van der Waals surface area contributed by atoms with E-state index in [4.69, 9.17) is 28.6 Å². The summed E-state index contributed by atoms with van der Waals surface area (Å²) in [5, 5.41) is 21.0. The lowest BCUT2D eigenvalue weighted by atomic mass is 10.1. The summed E-state index contributed by atoms with van der Waals surface area (Å²) < 4.78 is 3.79. The number of benzene rings is 3. The van der Waals surface area contributed by atoms with Crippen molar-refractivity contribution < 1.29 is 5.11 Å². The SMILES string of the molecule is Cc1cc(C(O)Cn2c(=N)n(Cc3ccc(Cl)cc3)c3ccccc32)ccc1Cl. The van der Waals surface area contributed by atoms with Crippen molar-refractivity contribution in [3.8, 4) is 0 Å². The maximum absolute atomic E-state index is 10.8. The van der Waals surface area contributed by atoms with E-state index < -0.39 is 6.10 Å². The third-order valence-electron chi connectivity index (χ3n) is 5.15. The van der Waals surface area contributed by atoms with Gasteiger partial charge in [-0.2, -0.15) is 0 Å². The van der Waals surface area contributed by atoms with E-state index in [1.54, 1.807) is 6.07 Å². The Balaban J connectivity index is 1.73. The first kappa shape index (κ1) is 19.8. The molecule has 1 unspecified atom stereocenters. The van der Waals surface area contributed by atoms with E-state index in [0.29, 0.717) is 22.2 Å². The average Bonchev–Trinajstić information content (AvgIpc) is 2.97. The number of aliphatic hydroxyl groups is 1. The van der Waals surface area contributed by atoms with E-state index in [1.807, 2.05) is 76.7 Å². The Hall–Kier alpha value is -2.53. The van der Waals surface area contributed by atoms with Gasteiger partial charge >= 0.3 is 0 Å². The zero-order valence-corrected chi connectivity index (χ0v) is 17.5. The van der Waals surface area contributed by atoms with Crippen LogP contribution in [-0.2, 0) is 13.1 Å². The van der Waals surface area contributed by atoms with E-state index in [0.717, 1.165) is 27.7 Å². The van der Waals surface area contributed by atoms with Gasteiger partial charge in [0.2, 0.25) is 5.62 Å². The van der Waals surface area contributed by atoms with Crippen molar-refractivity contribution in [2.75, 3.05) is 0 Å². The fourth-order valence-electron chi connectivity index (χ4n) is 3.57. The van der Waals surface area contributed by atoms with Gasteiger partial charge < -0.3 is 14.2 Å². The number of nitrogens with one attached hydrogen (secondary N) is 1. The Morgan fingerprint density at radius 1 is 0.931 bits per heavy atom. The number of imidazole rings is 1. The summed E-state index contributed by atoms with van der Waals surface area (Å²) in [6.07, 6.45) is -0.741. The van der Waals surface area contributed by atoms with Gasteiger partial charge in [0.1, 0.15) is 0 Å². The van der Waals surface area contributed by atoms with Gasteiger partial charge in [-0.1, -0.05) is 59.6 Å². The molecule has 4 rings (SSSR count). The highest BCUT2D eigenvalue weighted by atomic mass is 35.5. The molecule has 29 heavy (non-hydrogen) atoms. The first-order chi connectivity index (χ1) is 13.9. The molecule has 4 nitrogen and oxygen atoms in total. The maximum Gasteiger partial charge on any atom is 0.203 e. The van der Waals surface area contributed by atoms with Gasteiger partial charge in [0.05, 0.1) is 30.2 Å². The third-order valence-corrected chi connectivity index (χ3v) is 5.83. The molecule has 3 aromatic carbocycles. The molecular weight excluding hydrogens is 405 g/mol. The summed E-state index contributed by atoms with van der Waals surface area (Å²) in [6.45, 7) is 2.76. The Morgan fingerprint density at radius 2 is 1.59 bits per heavy atom. The van der Waals surface area contributed by atoms with Gasteiger partial charge in [0.25, 0.3) is 0 Å².